The Morgan fingerprint density at radius 1 is 0.716 bits per heavy atom. The van der Waals surface area contributed by atoms with Crippen molar-refractivity contribution in [3.05, 3.63) is 96.3 Å². The van der Waals surface area contributed by atoms with E-state index in [0.717, 1.165) is 75.9 Å². The summed E-state index contributed by atoms with van der Waals surface area (Å²) in [7, 11) is 4.22. The van der Waals surface area contributed by atoms with E-state index in [1.165, 1.54) is 14.2 Å². The van der Waals surface area contributed by atoms with E-state index in [2.05, 4.69) is 55.5 Å². The van der Waals surface area contributed by atoms with E-state index in [0.29, 0.717) is 36.2 Å². The lowest BCUT2D eigenvalue weighted by atomic mass is 10.0. The molecule has 0 radical (unpaired) electrons. The van der Waals surface area contributed by atoms with Gasteiger partial charge in [-0.1, -0.05) is 52.0 Å². The standard InChI is InChI=1S/C50H57N9O8/c1-27(2)42(55-49(62)65-6)46(60)57-19-9-13-38(57)44-51-25-35(53-44)29-16-18-37-32(21-29)23-40-34-17-15-30(24-41(34)67-48(59(37)40)31-11-8-12-33(22-31)64-5)36-26-52-45(54-36)39-14-10-20-58(39)47(61)43(28(3)4)56-50(63)66-7/h8,11-12,15-18,21-28,38-39,42-43,48H,9-10,13-14,19-20H2,1-7H3,(H,51,53)(H,52,54)(H,55,62)(H,56,63)/t38-,39-,42-,43-,48?/m0/s1. The molecule has 0 bridgehead atoms. The maximum Gasteiger partial charge on any atom is 0.407 e. The molecule has 1 unspecified atom stereocenters. The minimum Gasteiger partial charge on any atom is -0.497 e. The number of aromatic nitrogens is 5. The van der Waals surface area contributed by atoms with Crippen LogP contribution in [0.2, 0.25) is 0 Å². The van der Waals surface area contributed by atoms with Gasteiger partial charge in [0.25, 0.3) is 0 Å². The smallest absolute Gasteiger partial charge is 0.407 e. The van der Waals surface area contributed by atoms with Crippen LogP contribution >= 0.6 is 0 Å². The molecule has 4 N–H and O–H groups in total. The summed E-state index contributed by atoms with van der Waals surface area (Å²) in [4.78, 5) is 72.1. The van der Waals surface area contributed by atoms with E-state index in [4.69, 9.17) is 28.9 Å². The fraction of sp³-hybridized carbons (Fsp3) is 0.400. The molecule has 17 nitrogen and oxygen atoms in total. The lowest BCUT2D eigenvalue weighted by Gasteiger charge is -2.31. The Hall–Kier alpha value is -7.30. The predicted octanol–water partition coefficient (Wildman–Crippen LogP) is 8.12. The second kappa shape index (κ2) is 18.5. The largest absolute Gasteiger partial charge is 0.497 e. The van der Waals surface area contributed by atoms with Crippen molar-refractivity contribution < 1.29 is 38.1 Å². The van der Waals surface area contributed by atoms with Gasteiger partial charge < -0.3 is 53.9 Å². The Kier molecular flexibility index (Phi) is 12.4. The number of amides is 4. The Morgan fingerprint density at radius 3 is 1.84 bits per heavy atom. The number of benzene rings is 3. The summed E-state index contributed by atoms with van der Waals surface area (Å²) in [6, 6.07) is 20.5. The van der Waals surface area contributed by atoms with E-state index >= 15 is 0 Å². The van der Waals surface area contributed by atoms with Gasteiger partial charge in [-0.2, -0.15) is 0 Å². The van der Waals surface area contributed by atoms with Crippen molar-refractivity contribution in [3.63, 3.8) is 0 Å². The van der Waals surface area contributed by atoms with Crippen molar-refractivity contribution in [2.45, 2.75) is 83.8 Å². The van der Waals surface area contributed by atoms with Gasteiger partial charge in [0.1, 0.15) is 35.2 Å². The Balaban J connectivity index is 1.02. The van der Waals surface area contributed by atoms with Gasteiger partial charge in [-0.15, -0.1) is 0 Å². The van der Waals surface area contributed by atoms with Crippen LogP contribution in [0.1, 0.15) is 88.9 Å². The van der Waals surface area contributed by atoms with Crippen LogP contribution in [0.4, 0.5) is 9.59 Å². The van der Waals surface area contributed by atoms with Crippen molar-refractivity contribution in [3.8, 4) is 45.3 Å². The van der Waals surface area contributed by atoms with E-state index < -0.39 is 30.5 Å². The molecular formula is C50H57N9O8. The number of fused-ring (bicyclic) bond motifs is 5. The number of nitrogens with zero attached hydrogens (tertiary/aromatic N) is 5. The third kappa shape index (κ3) is 8.53. The molecular weight excluding hydrogens is 855 g/mol. The van der Waals surface area contributed by atoms with Crippen LogP contribution < -0.4 is 20.1 Å². The van der Waals surface area contributed by atoms with Gasteiger partial charge >= 0.3 is 12.2 Å². The first kappa shape index (κ1) is 44.9. The highest BCUT2D eigenvalue weighted by molar-refractivity contribution is 5.93. The second-order valence-electron chi connectivity index (χ2n) is 18.1. The molecule has 6 aromatic rings. The molecule has 3 aliphatic rings. The van der Waals surface area contributed by atoms with E-state index in [1.54, 1.807) is 18.2 Å². The third-order valence-electron chi connectivity index (χ3n) is 13.2. The van der Waals surface area contributed by atoms with E-state index in [-0.39, 0.29) is 35.7 Å². The minimum absolute atomic E-state index is 0.135. The molecule has 67 heavy (non-hydrogen) atoms. The molecule has 9 rings (SSSR count). The maximum atomic E-state index is 13.8. The van der Waals surface area contributed by atoms with Crippen LogP contribution in [0.3, 0.4) is 0 Å². The average molecular weight is 912 g/mol. The molecule has 0 spiro atoms. The van der Waals surface area contributed by atoms with Gasteiger partial charge in [0.05, 0.1) is 68.4 Å². The Morgan fingerprint density at radius 2 is 1.28 bits per heavy atom. The molecule has 350 valence electrons. The average Bonchev–Trinajstić information content (AvgIpc) is 4.20. The molecule has 0 aliphatic carbocycles. The summed E-state index contributed by atoms with van der Waals surface area (Å²) in [5.41, 5.74) is 7.18. The zero-order chi connectivity index (χ0) is 47.1. The van der Waals surface area contributed by atoms with Crippen LogP contribution in [0.25, 0.3) is 44.7 Å². The number of nitrogens with one attached hydrogen (secondary N) is 4. The summed E-state index contributed by atoms with van der Waals surface area (Å²) in [5, 5.41) is 6.43. The summed E-state index contributed by atoms with van der Waals surface area (Å²) >= 11 is 0. The number of rotatable bonds is 12. The second-order valence-corrected chi connectivity index (χ2v) is 18.1. The number of carbonyl (C=O) groups excluding carboxylic acids is 4. The zero-order valence-corrected chi connectivity index (χ0v) is 38.8. The molecule has 3 aromatic carbocycles. The Labute approximate surface area is 388 Å². The van der Waals surface area contributed by atoms with Crippen molar-refractivity contribution in [1.29, 1.82) is 0 Å². The van der Waals surface area contributed by atoms with Gasteiger partial charge in [0, 0.05) is 40.7 Å². The van der Waals surface area contributed by atoms with Crippen LogP contribution in [-0.2, 0) is 19.1 Å². The summed E-state index contributed by atoms with van der Waals surface area (Å²) in [5.74, 6) is 2.17. The number of alkyl carbamates (subject to hydrolysis) is 2. The first-order valence-electron chi connectivity index (χ1n) is 22.9. The number of hydrogen-bond acceptors (Lipinski definition) is 10. The SMILES string of the molecule is COC(=O)N[C@H](C(=O)N1CCC[C@H]1c1ncc(-c2ccc3c(c2)OC(c2cccc(OC)c2)n2c-3cc3cc(-c4cnc([C@@H]5CCCN5C(=O)[C@@H](NC(=O)OC)C(C)C)[nH]4)ccc32)[nH]1)C(C)C. The summed E-state index contributed by atoms with van der Waals surface area (Å²) < 4.78 is 24.5. The molecule has 3 aliphatic heterocycles. The number of H-pyrrole nitrogens is 2. The molecule has 4 amide bonds. The summed E-state index contributed by atoms with van der Waals surface area (Å²) in [6.45, 7) is 8.72. The maximum absolute atomic E-state index is 13.8. The predicted molar refractivity (Wildman–Crippen MR) is 250 cm³/mol. The summed E-state index contributed by atoms with van der Waals surface area (Å²) in [6.07, 6.45) is 4.90. The lowest BCUT2D eigenvalue weighted by Crippen LogP contribution is -2.51. The number of methoxy groups -OCH3 is 3. The lowest BCUT2D eigenvalue weighted by molar-refractivity contribution is -0.136. The minimum atomic E-state index is -0.729. The number of carbonyl (C=O) groups is 4. The molecule has 17 heteroatoms. The number of likely N-dealkylation sites (tertiary alicyclic amines) is 2. The molecule has 5 atom stereocenters. The van der Waals surface area contributed by atoms with Crippen LogP contribution in [0.5, 0.6) is 11.5 Å². The Bertz CT molecular complexity index is 2830. The van der Waals surface area contributed by atoms with Gasteiger partial charge in [0.15, 0.2) is 0 Å². The highest BCUT2D eigenvalue weighted by Gasteiger charge is 2.39. The van der Waals surface area contributed by atoms with Gasteiger partial charge in [-0.3, -0.25) is 9.59 Å². The molecule has 6 heterocycles. The first-order valence-corrected chi connectivity index (χ1v) is 22.9. The molecule has 0 saturated carbocycles. The van der Waals surface area contributed by atoms with E-state index in [1.807, 2.05) is 75.2 Å². The number of imidazole rings is 2. The number of hydrogen-bond donors (Lipinski definition) is 4. The molecule has 3 aromatic heterocycles. The monoisotopic (exact) mass is 911 g/mol. The zero-order valence-electron chi connectivity index (χ0n) is 38.8. The van der Waals surface area contributed by atoms with Crippen molar-refractivity contribution >= 4 is 34.9 Å². The topological polar surface area (TPSA) is 198 Å². The van der Waals surface area contributed by atoms with Crippen molar-refractivity contribution in [2.24, 2.45) is 11.8 Å². The number of ether oxygens (including phenoxy) is 4. The fourth-order valence-electron chi connectivity index (χ4n) is 9.74. The van der Waals surface area contributed by atoms with Crippen LogP contribution in [0, 0.1) is 11.8 Å². The van der Waals surface area contributed by atoms with Gasteiger partial charge in [0.2, 0.25) is 18.0 Å². The third-order valence-corrected chi connectivity index (χ3v) is 13.2. The van der Waals surface area contributed by atoms with Gasteiger partial charge in [-0.25, -0.2) is 19.6 Å². The number of aromatic amines is 2. The normalized spacial score (nSPS) is 18.6. The highest BCUT2D eigenvalue weighted by Crippen LogP contribution is 2.46. The quantitative estimate of drug-likeness (QED) is 0.0930. The van der Waals surface area contributed by atoms with Crippen LogP contribution in [-0.4, -0.2) is 105 Å². The molecule has 2 fully saturated rings. The van der Waals surface area contributed by atoms with Gasteiger partial charge in [-0.05, 0) is 80.0 Å². The molecule has 2 saturated heterocycles. The first-order chi connectivity index (χ1) is 32.4. The highest BCUT2D eigenvalue weighted by atomic mass is 16.5. The van der Waals surface area contributed by atoms with Crippen LogP contribution in [0.15, 0.2) is 79.1 Å². The van der Waals surface area contributed by atoms with E-state index in [9.17, 15) is 19.2 Å². The fourth-order valence-corrected chi connectivity index (χ4v) is 9.74. The van der Waals surface area contributed by atoms with Crippen molar-refractivity contribution in [2.75, 3.05) is 34.4 Å². The van der Waals surface area contributed by atoms with Crippen molar-refractivity contribution in [1.82, 2.24) is 44.9 Å².